The number of phenolic OH excluding ortho intramolecular Hbond substituents is 3. The van der Waals surface area contributed by atoms with Gasteiger partial charge in [0.2, 0.25) is 0 Å². The van der Waals surface area contributed by atoms with E-state index < -0.39 is 11.8 Å². The fourth-order valence-corrected chi connectivity index (χ4v) is 7.37. The third-order valence-electron chi connectivity index (χ3n) is 10.2. The van der Waals surface area contributed by atoms with E-state index in [0.29, 0.717) is 48.5 Å². The number of carbonyl (C=O) groups is 2. The summed E-state index contributed by atoms with van der Waals surface area (Å²) in [5.41, 5.74) is 3.78. The van der Waals surface area contributed by atoms with Crippen LogP contribution < -0.4 is 23.7 Å². The lowest BCUT2D eigenvalue weighted by Gasteiger charge is -2.20. The van der Waals surface area contributed by atoms with E-state index in [4.69, 9.17) is 33.2 Å². The molecule has 2 heterocycles. The molecule has 0 unspecified atom stereocenters. The van der Waals surface area contributed by atoms with E-state index in [-0.39, 0.29) is 76.9 Å². The molecule has 2 fully saturated rings. The van der Waals surface area contributed by atoms with Gasteiger partial charge in [0.1, 0.15) is 0 Å². The molecular weight excluding hydrogens is 684 g/mol. The molecule has 12 nitrogen and oxygen atoms in total. The van der Waals surface area contributed by atoms with E-state index in [1.54, 1.807) is 50.6 Å². The Kier molecular flexibility index (Phi) is 11.1. The Balaban J connectivity index is 1.29. The van der Waals surface area contributed by atoms with Crippen molar-refractivity contribution in [1.82, 2.24) is 0 Å². The molecule has 0 amide bonds. The molecule has 12 heteroatoms. The Morgan fingerprint density at radius 2 is 0.925 bits per heavy atom. The number of hydrogen-bond acceptors (Lipinski definition) is 12. The lowest BCUT2D eigenvalue weighted by Crippen LogP contribution is -2.21. The zero-order valence-electron chi connectivity index (χ0n) is 30.3. The van der Waals surface area contributed by atoms with Crippen LogP contribution in [0.15, 0.2) is 60.7 Å². The Hall–Kier alpha value is -5.78. The zero-order valence-corrected chi connectivity index (χ0v) is 30.3. The van der Waals surface area contributed by atoms with Crippen LogP contribution in [0.5, 0.6) is 46.0 Å². The van der Waals surface area contributed by atoms with Gasteiger partial charge in [-0.15, -0.1) is 0 Å². The predicted molar refractivity (Wildman–Crippen MR) is 193 cm³/mol. The standard InChI is InChI=1S/C41H44O12/c1-47-33-9-7-22(17-35(33)49-3)10-26-20-52-41(46)29(26)13-25-15-31(39(44)37(19-25)51-5)30-14-24(18-36(50-4)38(30)43)11-27-21-53-40(45)28(27)12-23-6-8-32(42)34(16-23)48-2/h6-9,14-19,26-29,42-44H,10-13,20-21H2,1-5H3/t26-,27-,28+,29+/m0/s1. The van der Waals surface area contributed by atoms with Crippen molar-refractivity contribution >= 4 is 11.9 Å². The van der Waals surface area contributed by atoms with E-state index >= 15 is 0 Å². The highest BCUT2D eigenvalue weighted by Crippen LogP contribution is 2.47. The van der Waals surface area contributed by atoms with Crippen LogP contribution in [0.25, 0.3) is 11.1 Å². The molecule has 280 valence electrons. The maximum absolute atomic E-state index is 13.1. The van der Waals surface area contributed by atoms with Crippen molar-refractivity contribution in [1.29, 1.82) is 0 Å². The highest BCUT2D eigenvalue weighted by molar-refractivity contribution is 5.82. The van der Waals surface area contributed by atoms with Crippen LogP contribution in [-0.2, 0) is 44.7 Å². The summed E-state index contributed by atoms with van der Waals surface area (Å²) in [6.45, 7) is 0.461. The third kappa shape index (κ3) is 7.72. The first-order chi connectivity index (χ1) is 25.6. The monoisotopic (exact) mass is 728 g/mol. The summed E-state index contributed by atoms with van der Waals surface area (Å²) >= 11 is 0. The molecule has 53 heavy (non-hydrogen) atoms. The van der Waals surface area contributed by atoms with Crippen molar-refractivity contribution in [3.63, 3.8) is 0 Å². The van der Waals surface area contributed by atoms with E-state index in [0.717, 1.165) is 16.7 Å². The molecular formula is C41H44O12. The average Bonchev–Trinajstić information content (AvgIpc) is 3.69. The molecule has 0 aromatic heterocycles. The molecule has 2 saturated heterocycles. The van der Waals surface area contributed by atoms with E-state index in [2.05, 4.69) is 0 Å². The number of methoxy groups -OCH3 is 5. The number of rotatable bonds is 14. The first-order valence-electron chi connectivity index (χ1n) is 17.3. The SMILES string of the molecule is COc1cc(C[C@H]2C(=O)OC[C@@H]2Cc2cc(OC)c(O)c(-c3cc(C[C@H]4C(=O)OC[C@@H]4Cc4ccc(OC)c(OC)c4)cc(OC)c3O)c2)ccc1O. The number of carbonyl (C=O) groups excluding carboxylic acids is 2. The normalized spacial score (nSPS) is 19.4. The average molecular weight is 729 g/mol. The molecule has 6 rings (SSSR count). The number of cyclic esters (lactones) is 2. The Bertz CT molecular complexity index is 1990. The van der Waals surface area contributed by atoms with Crippen molar-refractivity contribution in [3.8, 4) is 57.1 Å². The van der Waals surface area contributed by atoms with Gasteiger partial charge in [0.15, 0.2) is 46.0 Å². The molecule has 2 aliphatic rings. The van der Waals surface area contributed by atoms with E-state index in [1.165, 1.54) is 27.4 Å². The van der Waals surface area contributed by atoms with Crippen molar-refractivity contribution < 1.29 is 58.1 Å². The summed E-state index contributed by atoms with van der Waals surface area (Å²) in [5, 5.41) is 32.8. The number of hydrogen-bond donors (Lipinski definition) is 3. The fourth-order valence-electron chi connectivity index (χ4n) is 7.37. The minimum Gasteiger partial charge on any atom is -0.504 e. The minimum atomic E-state index is -0.481. The number of esters is 2. The van der Waals surface area contributed by atoms with Gasteiger partial charge in [-0.1, -0.05) is 12.1 Å². The van der Waals surface area contributed by atoms with Gasteiger partial charge in [-0.2, -0.15) is 0 Å². The molecule has 0 aliphatic carbocycles. The molecule has 2 aliphatic heterocycles. The topological polar surface area (TPSA) is 159 Å². The van der Waals surface area contributed by atoms with Crippen molar-refractivity contribution in [3.05, 3.63) is 82.9 Å². The Morgan fingerprint density at radius 3 is 1.45 bits per heavy atom. The Labute approximate surface area is 307 Å². The molecule has 4 aromatic carbocycles. The van der Waals surface area contributed by atoms with Gasteiger partial charge in [-0.3, -0.25) is 9.59 Å². The molecule has 4 atom stereocenters. The maximum atomic E-state index is 13.1. The molecule has 0 spiro atoms. The maximum Gasteiger partial charge on any atom is 0.309 e. The Morgan fingerprint density at radius 1 is 0.509 bits per heavy atom. The quantitative estimate of drug-likeness (QED) is 0.137. The van der Waals surface area contributed by atoms with Crippen molar-refractivity contribution in [2.45, 2.75) is 25.7 Å². The minimum absolute atomic E-state index is 0.00654. The van der Waals surface area contributed by atoms with Crippen LogP contribution in [0.4, 0.5) is 0 Å². The summed E-state index contributed by atoms with van der Waals surface area (Å²) < 4.78 is 38.3. The molecule has 0 radical (unpaired) electrons. The van der Waals surface area contributed by atoms with Crippen molar-refractivity contribution in [2.24, 2.45) is 23.7 Å². The smallest absolute Gasteiger partial charge is 0.309 e. The van der Waals surface area contributed by atoms with Gasteiger partial charge in [0.05, 0.1) is 60.6 Å². The van der Waals surface area contributed by atoms with Crippen LogP contribution in [0.2, 0.25) is 0 Å². The predicted octanol–water partition coefficient (Wildman–Crippen LogP) is 5.66. The van der Waals surface area contributed by atoms with Crippen LogP contribution in [0, 0.1) is 23.7 Å². The van der Waals surface area contributed by atoms with Crippen LogP contribution >= 0.6 is 0 Å². The van der Waals surface area contributed by atoms with Gasteiger partial charge >= 0.3 is 11.9 Å². The number of aromatic hydroxyl groups is 3. The van der Waals surface area contributed by atoms with E-state index in [9.17, 15) is 24.9 Å². The summed E-state index contributed by atoms with van der Waals surface area (Å²) in [4.78, 5) is 26.0. The van der Waals surface area contributed by atoms with Gasteiger partial charge < -0.3 is 48.5 Å². The number of ether oxygens (including phenoxy) is 7. The first-order valence-corrected chi connectivity index (χ1v) is 17.3. The van der Waals surface area contributed by atoms with Gasteiger partial charge in [-0.25, -0.2) is 0 Å². The zero-order chi connectivity index (χ0) is 37.8. The molecule has 4 aromatic rings. The summed E-state index contributed by atoms with van der Waals surface area (Å²) in [6.07, 6.45) is 1.63. The highest BCUT2D eigenvalue weighted by atomic mass is 16.5. The lowest BCUT2D eigenvalue weighted by molar-refractivity contribution is -0.142. The van der Waals surface area contributed by atoms with Crippen LogP contribution in [0.1, 0.15) is 22.3 Å². The number of phenols is 3. The molecule has 0 bridgehead atoms. The second-order valence-electron chi connectivity index (χ2n) is 13.4. The van der Waals surface area contributed by atoms with Crippen molar-refractivity contribution in [2.75, 3.05) is 48.8 Å². The van der Waals surface area contributed by atoms with Crippen LogP contribution in [-0.4, -0.2) is 76.0 Å². The highest BCUT2D eigenvalue weighted by Gasteiger charge is 2.39. The summed E-state index contributed by atoms with van der Waals surface area (Å²) in [6, 6.07) is 17.5. The third-order valence-corrected chi connectivity index (χ3v) is 10.2. The van der Waals surface area contributed by atoms with Gasteiger partial charge in [0, 0.05) is 23.0 Å². The van der Waals surface area contributed by atoms with Gasteiger partial charge in [0.25, 0.3) is 0 Å². The second-order valence-corrected chi connectivity index (χ2v) is 13.4. The first kappa shape index (κ1) is 37.0. The molecule has 0 saturated carbocycles. The summed E-state index contributed by atoms with van der Waals surface area (Å²) in [5.74, 6) is -0.442. The van der Waals surface area contributed by atoms with Crippen LogP contribution in [0.3, 0.4) is 0 Å². The molecule has 3 N–H and O–H groups in total. The van der Waals surface area contributed by atoms with E-state index in [1.807, 2.05) is 18.2 Å². The summed E-state index contributed by atoms with van der Waals surface area (Å²) in [7, 11) is 7.48. The second kappa shape index (κ2) is 15.9. The number of benzene rings is 4. The van der Waals surface area contributed by atoms with Gasteiger partial charge in [-0.05, 0) is 96.5 Å². The largest absolute Gasteiger partial charge is 0.504 e. The fraction of sp³-hybridized carbons (Fsp3) is 0.366. The lowest BCUT2D eigenvalue weighted by atomic mass is 9.83.